The van der Waals surface area contributed by atoms with Crippen LogP contribution < -0.4 is 15.8 Å². The van der Waals surface area contributed by atoms with Crippen molar-refractivity contribution in [2.45, 2.75) is 20.5 Å². The number of ether oxygens (including phenoxy) is 1. The lowest BCUT2D eigenvalue weighted by atomic mass is 9.93. The molecule has 3 N–H and O–H groups in total. The van der Waals surface area contributed by atoms with Gasteiger partial charge < -0.3 is 20.7 Å². The molecule has 8 heteroatoms. The lowest BCUT2D eigenvalue weighted by molar-refractivity contribution is 0.0928. The van der Waals surface area contributed by atoms with E-state index in [1.807, 2.05) is 14.1 Å². The summed E-state index contributed by atoms with van der Waals surface area (Å²) in [6.07, 6.45) is 1.43. The number of carbonyl (C=O) groups excluding carboxylic acids is 1. The number of hydrogen-bond acceptors (Lipinski definition) is 5. The predicted molar refractivity (Wildman–Crippen MR) is 114 cm³/mol. The molecule has 152 valence electrons. The quantitative estimate of drug-likeness (QED) is 0.671. The molecular weight excluding hydrogens is 399 g/mol. The molecule has 1 heterocycles. The van der Waals surface area contributed by atoms with E-state index in [2.05, 4.69) is 29.0 Å². The predicted octanol–water partition coefficient (Wildman–Crippen LogP) is 3.87. The molecule has 6 nitrogen and oxygen atoms in total. The lowest BCUT2D eigenvalue weighted by Gasteiger charge is -2.28. The summed E-state index contributed by atoms with van der Waals surface area (Å²) in [6.45, 7) is 5.68. The summed E-state index contributed by atoms with van der Waals surface area (Å²) < 4.78 is 5.73. The number of nitrogens with two attached hydrogens (primary N) is 1. The molecule has 0 bridgehead atoms. The maximum Gasteiger partial charge on any atom is 0.253 e. The van der Waals surface area contributed by atoms with E-state index >= 15 is 0 Å². The first kappa shape index (κ1) is 22.3. The zero-order valence-corrected chi connectivity index (χ0v) is 18.1. The van der Waals surface area contributed by atoms with Gasteiger partial charge in [-0.1, -0.05) is 43.1 Å². The van der Waals surface area contributed by atoms with Crippen molar-refractivity contribution in [1.29, 1.82) is 0 Å². The molecule has 0 aliphatic heterocycles. The van der Waals surface area contributed by atoms with Crippen molar-refractivity contribution in [2.24, 2.45) is 5.41 Å². The third kappa shape index (κ3) is 6.26. The van der Waals surface area contributed by atoms with Gasteiger partial charge in [0, 0.05) is 34.9 Å². The zero-order valence-electron chi connectivity index (χ0n) is 16.6. The molecule has 0 aliphatic rings. The Morgan fingerprint density at radius 1 is 1.29 bits per heavy atom. The summed E-state index contributed by atoms with van der Waals surface area (Å²) in [6, 6.07) is 6.79. The Labute approximate surface area is 176 Å². The molecule has 2 rings (SSSR count). The molecule has 1 amide bonds. The first-order valence-corrected chi connectivity index (χ1v) is 9.59. The summed E-state index contributed by atoms with van der Waals surface area (Å²) in [7, 11) is 4.00. The number of halogens is 2. The Balaban J connectivity index is 2.07. The fourth-order valence-electron chi connectivity index (χ4n) is 2.85. The second-order valence-corrected chi connectivity index (χ2v) is 8.50. The minimum Gasteiger partial charge on any atom is -0.485 e. The molecule has 0 unspecified atom stereocenters. The maximum atomic E-state index is 12.5. The van der Waals surface area contributed by atoms with Crippen LogP contribution in [0, 0.1) is 5.41 Å². The molecule has 1 aromatic carbocycles. The minimum atomic E-state index is -0.236. The lowest BCUT2D eigenvalue weighted by Crippen LogP contribution is -2.40. The first-order chi connectivity index (χ1) is 13.1. The Kier molecular flexibility index (Phi) is 7.52. The number of pyridine rings is 1. The molecular formula is C20H26Cl2N4O2. The number of rotatable bonds is 8. The summed E-state index contributed by atoms with van der Waals surface area (Å²) in [5, 5.41) is 3.93. The van der Waals surface area contributed by atoms with Crippen molar-refractivity contribution >= 4 is 34.9 Å². The van der Waals surface area contributed by atoms with Gasteiger partial charge in [-0.05, 0) is 37.7 Å². The smallest absolute Gasteiger partial charge is 0.253 e. The van der Waals surface area contributed by atoms with E-state index in [1.54, 1.807) is 24.3 Å². The molecule has 0 spiro atoms. The van der Waals surface area contributed by atoms with Gasteiger partial charge in [0.25, 0.3) is 5.91 Å². The minimum absolute atomic E-state index is 0.0689. The number of aromatic nitrogens is 1. The van der Waals surface area contributed by atoms with Crippen LogP contribution in [0.5, 0.6) is 5.75 Å². The monoisotopic (exact) mass is 424 g/mol. The normalized spacial score (nSPS) is 11.5. The Morgan fingerprint density at radius 2 is 1.93 bits per heavy atom. The van der Waals surface area contributed by atoms with E-state index in [0.717, 1.165) is 6.54 Å². The SMILES string of the molecule is CN(C)CC(C)(C)CNC(=O)c1cnc(N)c(OCc2c(Cl)cccc2Cl)c1. The highest BCUT2D eigenvalue weighted by molar-refractivity contribution is 6.35. The Morgan fingerprint density at radius 3 is 2.54 bits per heavy atom. The Bertz CT molecular complexity index is 821. The van der Waals surface area contributed by atoms with Crippen molar-refractivity contribution in [2.75, 3.05) is 32.9 Å². The fourth-order valence-corrected chi connectivity index (χ4v) is 3.36. The van der Waals surface area contributed by atoms with Crippen molar-refractivity contribution < 1.29 is 9.53 Å². The van der Waals surface area contributed by atoms with Gasteiger partial charge >= 0.3 is 0 Å². The molecule has 0 fully saturated rings. The first-order valence-electron chi connectivity index (χ1n) is 8.83. The summed E-state index contributed by atoms with van der Waals surface area (Å²) in [4.78, 5) is 18.7. The zero-order chi connectivity index (χ0) is 20.9. The highest BCUT2D eigenvalue weighted by atomic mass is 35.5. The van der Waals surface area contributed by atoms with E-state index in [-0.39, 0.29) is 23.7 Å². The molecule has 0 radical (unpaired) electrons. The third-order valence-corrected chi connectivity index (χ3v) is 4.76. The largest absolute Gasteiger partial charge is 0.485 e. The van der Waals surface area contributed by atoms with E-state index < -0.39 is 0 Å². The number of amides is 1. The molecule has 0 saturated heterocycles. The summed E-state index contributed by atoms with van der Waals surface area (Å²) >= 11 is 12.3. The topological polar surface area (TPSA) is 80.5 Å². The van der Waals surface area contributed by atoms with Crippen LogP contribution in [0.15, 0.2) is 30.5 Å². The van der Waals surface area contributed by atoms with Gasteiger partial charge in [-0.25, -0.2) is 4.98 Å². The van der Waals surface area contributed by atoms with Crippen LogP contribution in [0.2, 0.25) is 10.0 Å². The number of nitrogen functional groups attached to an aromatic ring is 1. The molecule has 0 saturated carbocycles. The second kappa shape index (κ2) is 9.45. The molecule has 1 aromatic heterocycles. The average molecular weight is 425 g/mol. The Hall–Kier alpha value is -2.02. The van der Waals surface area contributed by atoms with Gasteiger partial charge in [0.1, 0.15) is 6.61 Å². The second-order valence-electron chi connectivity index (χ2n) is 7.68. The standard InChI is InChI=1S/C20H26Cl2N4O2/c1-20(2,12-26(3)4)11-25-19(27)13-8-17(18(23)24-9-13)28-10-14-15(21)6-5-7-16(14)22/h5-9H,10-12H2,1-4H3,(H2,23,24)(H,25,27). The third-order valence-electron chi connectivity index (χ3n) is 4.05. The molecule has 0 aliphatic carbocycles. The number of benzene rings is 1. The van der Waals surface area contributed by atoms with E-state index in [4.69, 9.17) is 33.7 Å². The van der Waals surface area contributed by atoms with Crippen molar-refractivity contribution in [1.82, 2.24) is 15.2 Å². The van der Waals surface area contributed by atoms with Crippen LogP contribution in [-0.4, -0.2) is 43.0 Å². The fraction of sp³-hybridized carbons (Fsp3) is 0.400. The van der Waals surface area contributed by atoms with Crippen molar-refractivity contribution in [3.05, 3.63) is 51.6 Å². The van der Waals surface area contributed by atoms with E-state index in [1.165, 1.54) is 6.20 Å². The van der Waals surface area contributed by atoms with Crippen LogP contribution in [-0.2, 0) is 6.61 Å². The maximum absolute atomic E-state index is 12.5. The van der Waals surface area contributed by atoms with Crippen LogP contribution in [0.4, 0.5) is 5.82 Å². The number of anilines is 1. The van der Waals surface area contributed by atoms with Crippen molar-refractivity contribution in [3.8, 4) is 5.75 Å². The van der Waals surface area contributed by atoms with Gasteiger partial charge in [-0.2, -0.15) is 0 Å². The van der Waals surface area contributed by atoms with Gasteiger partial charge in [0.15, 0.2) is 11.6 Å². The van der Waals surface area contributed by atoms with Crippen LogP contribution in [0.3, 0.4) is 0 Å². The van der Waals surface area contributed by atoms with Crippen LogP contribution >= 0.6 is 23.2 Å². The average Bonchev–Trinajstić information content (AvgIpc) is 2.59. The van der Waals surface area contributed by atoms with Crippen molar-refractivity contribution in [3.63, 3.8) is 0 Å². The molecule has 28 heavy (non-hydrogen) atoms. The van der Waals surface area contributed by atoms with Gasteiger partial charge in [0.2, 0.25) is 0 Å². The number of carbonyl (C=O) groups is 1. The highest BCUT2D eigenvalue weighted by Crippen LogP contribution is 2.27. The highest BCUT2D eigenvalue weighted by Gasteiger charge is 2.21. The summed E-state index contributed by atoms with van der Waals surface area (Å²) in [5.41, 5.74) is 6.83. The van der Waals surface area contributed by atoms with Crippen LogP contribution in [0.1, 0.15) is 29.8 Å². The number of nitrogens with one attached hydrogen (secondary N) is 1. The van der Waals surface area contributed by atoms with Gasteiger partial charge in [-0.3, -0.25) is 4.79 Å². The molecule has 0 atom stereocenters. The number of hydrogen-bond donors (Lipinski definition) is 2. The van der Waals surface area contributed by atoms with E-state index in [0.29, 0.717) is 33.5 Å². The van der Waals surface area contributed by atoms with E-state index in [9.17, 15) is 4.79 Å². The van der Waals surface area contributed by atoms with Crippen LogP contribution in [0.25, 0.3) is 0 Å². The number of nitrogens with zero attached hydrogens (tertiary/aromatic N) is 2. The molecule has 2 aromatic rings. The van der Waals surface area contributed by atoms with Gasteiger partial charge in [0.05, 0.1) is 5.56 Å². The summed E-state index contributed by atoms with van der Waals surface area (Å²) in [5.74, 6) is 0.254. The van der Waals surface area contributed by atoms with Gasteiger partial charge in [-0.15, -0.1) is 0 Å².